The maximum Gasteiger partial charge on any atom is 0.251 e. The van der Waals surface area contributed by atoms with Crippen LogP contribution in [0.1, 0.15) is 24.2 Å². The zero-order valence-corrected chi connectivity index (χ0v) is 18.3. The third kappa shape index (κ3) is 6.30. The minimum atomic E-state index is -0.479. The van der Waals surface area contributed by atoms with Crippen molar-refractivity contribution in [2.75, 3.05) is 10.6 Å². The summed E-state index contributed by atoms with van der Waals surface area (Å²) in [4.78, 5) is 36.3. The average molecular weight is 449 g/mol. The van der Waals surface area contributed by atoms with E-state index in [4.69, 9.17) is 16.3 Å². The average Bonchev–Trinajstić information content (AvgIpc) is 2.76. The fraction of sp³-hybridized carbons (Fsp3) is 0.0800. The molecule has 3 aromatic rings. The Hall–Kier alpha value is -3.90. The van der Waals surface area contributed by atoms with Gasteiger partial charge in [-0.25, -0.2) is 0 Å². The third-order valence-electron chi connectivity index (χ3n) is 4.43. The monoisotopic (exact) mass is 448 g/mol. The molecule has 0 saturated heterocycles. The van der Waals surface area contributed by atoms with Gasteiger partial charge in [-0.2, -0.15) is 0 Å². The molecule has 0 aromatic heterocycles. The van der Waals surface area contributed by atoms with Crippen molar-refractivity contribution in [3.63, 3.8) is 0 Å². The lowest BCUT2D eigenvalue weighted by atomic mass is 10.1. The number of nitrogens with one attached hydrogen (secondary N) is 2. The zero-order chi connectivity index (χ0) is 23.1. The van der Waals surface area contributed by atoms with E-state index in [1.807, 2.05) is 18.2 Å². The molecule has 0 bridgehead atoms. The Morgan fingerprint density at radius 2 is 1.56 bits per heavy atom. The van der Waals surface area contributed by atoms with Crippen LogP contribution in [0.4, 0.5) is 11.4 Å². The van der Waals surface area contributed by atoms with Crippen LogP contribution in [0.3, 0.4) is 0 Å². The molecule has 2 amide bonds. The second-order valence-electron chi connectivity index (χ2n) is 6.96. The highest BCUT2D eigenvalue weighted by Crippen LogP contribution is 2.32. The van der Waals surface area contributed by atoms with Gasteiger partial charge >= 0.3 is 0 Å². The summed E-state index contributed by atoms with van der Waals surface area (Å²) in [5.74, 6) is 0.00349. The molecule has 6 nitrogen and oxygen atoms in total. The fourth-order valence-electron chi connectivity index (χ4n) is 2.75. The number of ether oxygens (including phenoxy) is 1. The van der Waals surface area contributed by atoms with E-state index < -0.39 is 11.8 Å². The third-order valence-corrected chi connectivity index (χ3v) is 4.66. The smallest absolute Gasteiger partial charge is 0.251 e. The number of Topliss-reactive ketones (excluding diaryl/α,β-unsaturated/α-hetero) is 1. The number of anilines is 2. The van der Waals surface area contributed by atoms with Gasteiger partial charge in [0.05, 0.1) is 5.69 Å². The van der Waals surface area contributed by atoms with Gasteiger partial charge in [0.2, 0.25) is 5.91 Å². The quantitative estimate of drug-likeness (QED) is 0.350. The summed E-state index contributed by atoms with van der Waals surface area (Å²) in [6.07, 6.45) is 1.19. The first-order valence-corrected chi connectivity index (χ1v) is 10.1. The van der Waals surface area contributed by atoms with Gasteiger partial charge in [-0.15, -0.1) is 0 Å². The number of halogens is 1. The molecule has 0 fully saturated rings. The minimum absolute atomic E-state index is 0.0630. The van der Waals surface area contributed by atoms with Crippen LogP contribution >= 0.6 is 11.6 Å². The molecule has 32 heavy (non-hydrogen) atoms. The topological polar surface area (TPSA) is 84.5 Å². The second kappa shape index (κ2) is 10.4. The van der Waals surface area contributed by atoms with Gasteiger partial charge in [0.15, 0.2) is 11.5 Å². The molecule has 0 unspecified atom stereocenters. The van der Waals surface area contributed by atoms with Crippen molar-refractivity contribution < 1.29 is 19.1 Å². The number of amides is 2. The van der Waals surface area contributed by atoms with Crippen LogP contribution in [0.5, 0.6) is 11.5 Å². The Labute approximate surface area is 190 Å². The highest BCUT2D eigenvalue weighted by Gasteiger charge is 2.13. The number of hydrogen-bond donors (Lipinski definition) is 2. The molecule has 0 spiro atoms. The van der Waals surface area contributed by atoms with Crippen molar-refractivity contribution in [1.82, 2.24) is 0 Å². The Morgan fingerprint density at radius 1 is 0.875 bits per heavy atom. The number of carbonyl (C=O) groups is 3. The normalized spacial score (nSPS) is 10.9. The van der Waals surface area contributed by atoms with Crippen LogP contribution in [0.15, 0.2) is 84.4 Å². The van der Waals surface area contributed by atoms with E-state index in [-0.39, 0.29) is 11.4 Å². The van der Waals surface area contributed by atoms with Gasteiger partial charge in [0.25, 0.3) is 5.91 Å². The van der Waals surface area contributed by atoms with Crippen LogP contribution in [0, 0.1) is 0 Å². The summed E-state index contributed by atoms with van der Waals surface area (Å²) in [6.45, 7) is 2.99. The lowest BCUT2D eigenvalue weighted by Gasteiger charge is -2.13. The molecule has 0 heterocycles. The van der Waals surface area contributed by atoms with Gasteiger partial charge in [0.1, 0.15) is 5.75 Å². The molecule has 2 N–H and O–H groups in total. The summed E-state index contributed by atoms with van der Waals surface area (Å²) in [5.41, 5.74) is 1.62. The number of rotatable bonds is 7. The molecular formula is C25H21ClN2O4. The lowest BCUT2D eigenvalue weighted by Crippen LogP contribution is -2.16. The van der Waals surface area contributed by atoms with Crippen molar-refractivity contribution in [3.05, 3.63) is 95.0 Å². The standard InChI is InChI=1S/C25H21ClN2O4/c1-16(14-24(30)27-20-11-8-18(9-12-20)17(2)29)25(31)28-22-15-19(26)10-13-23(22)32-21-6-4-3-5-7-21/h3-15H,1-2H3,(H,27,30)(H,28,31)/b16-14-. The van der Waals surface area contributed by atoms with E-state index in [2.05, 4.69) is 10.6 Å². The lowest BCUT2D eigenvalue weighted by molar-refractivity contribution is -0.114. The Bertz CT molecular complexity index is 1170. The molecule has 0 aliphatic rings. The van der Waals surface area contributed by atoms with E-state index in [0.29, 0.717) is 33.5 Å². The molecule has 3 aromatic carbocycles. The highest BCUT2D eigenvalue weighted by molar-refractivity contribution is 6.31. The predicted molar refractivity (Wildman–Crippen MR) is 125 cm³/mol. The summed E-state index contributed by atoms with van der Waals surface area (Å²) in [5, 5.41) is 5.81. The molecule has 0 radical (unpaired) electrons. The molecule has 162 valence electrons. The summed E-state index contributed by atoms with van der Waals surface area (Å²) in [7, 11) is 0. The molecule has 7 heteroatoms. The van der Waals surface area contributed by atoms with Crippen molar-refractivity contribution in [2.45, 2.75) is 13.8 Å². The number of ketones is 1. The van der Waals surface area contributed by atoms with Gasteiger partial charge in [-0.1, -0.05) is 29.8 Å². The fourth-order valence-corrected chi connectivity index (χ4v) is 2.93. The number of hydrogen-bond acceptors (Lipinski definition) is 4. The van der Waals surface area contributed by atoms with Gasteiger partial charge in [-0.05, 0) is 68.4 Å². The number of carbonyl (C=O) groups excluding carboxylic acids is 3. The first kappa shape index (κ1) is 22.8. The highest BCUT2D eigenvalue weighted by atomic mass is 35.5. The Kier molecular flexibility index (Phi) is 7.41. The summed E-state index contributed by atoms with van der Waals surface area (Å²) >= 11 is 6.08. The molecule has 3 rings (SSSR count). The van der Waals surface area contributed by atoms with Crippen LogP contribution < -0.4 is 15.4 Å². The van der Waals surface area contributed by atoms with Gasteiger partial charge < -0.3 is 15.4 Å². The Balaban J connectivity index is 1.69. The summed E-state index contributed by atoms with van der Waals surface area (Å²) in [6, 6.07) is 20.5. The molecular weight excluding hydrogens is 428 g/mol. The van der Waals surface area contributed by atoms with Crippen molar-refractivity contribution in [1.29, 1.82) is 0 Å². The second-order valence-corrected chi connectivity index (χ2v) is 7.40. The van der Waals surface area contributed by atoms with E-state index in [0.717, 1.165) is 0 Å². The van der Waals surface area contributed by atoms with Crippen LogP contribution in [-0.2, 0) is 9.59 Å². The maximum atomic E-state index is 12.6. The summed E-state index contributed by atoms with van der Waals surface area (Å²) < 4.78 is 5.84. The first-order valence-electron chi connectivity index (χ1n) is 9.76. The Morgan fingerprint density at radius 3 is 2.22 bits per heavy atom. The van der Waals surface area contributed by atoms with Crippen LogP contribution in [-0.4, -0.2) is 17.6 Å². The molecule has 0 aliphatic carbocycles. The van der Waals surface area contributed by atoms with Crippen LogP contribution in [0.2, 0.25) is 5.02 Å². The SMILES string of the molecule is CC(=O)c1ccc(NC(=O)/C=C(/C)C(=O)Nc2cc(Cl)ccc2Oc2ccccc2)cc1. The predicted octanol–water partition coefficient (Wildman–Crippen LogP) is 5.86. The van der Waals surface area contributed by atoms with Gasteiger partial charge in [-0.3, -0.25) is 14.4 Å². The van der Waals surface area contributed by atoms with Gasteiger partial charge in [0, 0.05) is 27.9 Å². The molecule has 0 atom stereocenters. The largest absolute Gasteiger partial charge is 0.455 e. The number of para-hydroxylation sites is 1. The zero-order valence-electron chi connectivity index (χ0n) is 17.5. The molecule has 0 aliphatic heterocycles. The van der Waals surface area contributed by atoms with E-state index in [1.165, 1.54) is 19.9 Å². The van der Waals surface area contributed by atoms with E-state index >= 15 is 0 Å². The molecule has 0 saturated carbocycles. The van der Waals surface area contributed by atoms with E-state index in [9.17, 15) is 14.4 Å². The van der Waals surface area contributed by atoms with Crippen molar-refractivity contribution in [2.24, 2.45) is 0 Å². The van der Waals surface area contributed by atoms with Crippen LogP contribution in [0.25, 0.3) is 0 Å². The van der Waals surface area contributed by atoms with Crippen molar-refractivity contribution >= 4 is 40.6 Å². The maximum absolute atomic E-state index is 12.6. The number of benzene rings is 3. The van der Waals surface area contributed by atoms with Crippen molar-refractivity contribution in [3.8, 4) is 11.5 Å². The van der Waals surface area contributed by atoms with E-state index in [1.54, 1.807) is 54.6 Å². The minimum Gasteiger partial charge on any atom is -0.455 e. The first-order chi connectivity index (χ1) is 15.3.